The standard InChI is InChI=1S/C15H25N3O/c1-11(2)15(6-7-15)10-17-12-13(19)18(9-8-16-12)14(3,4)5/h8-9,11H,6-7,10H2,1-5H3,(H,16,17). The molecule has 2 rings (SSSR count). The molecule has 1 saturated carbocycles. The van der Waals surface area contributed by atoms with Crippen LogP contribution in [0.2, 0.25) is 0 Å². The molecule has 4 nitrogen and oxygen atoms in total. The maximum atomic E-state index is 12.4. The molecule has 1 fully saturated rings. The van der Waals surface area contributed by atoms with Crippen LogP contribution in [0.4, 0.5) is 5.82 Å². The van der Waals surface area contributed by atoms with Gasteiger partial charge in [0.05, 0.1) is 0 Å². The largest absolute Gasteiger partial charge is 0.365 e. The van der Waals surface area contributed by atoms with Gasteiger partial charge in [0, 0.05) is 24.5 Å². The summed E-state index contributed by atoms with van der Waals surface area (Å²) in [6, 6.07) is 0. The third-order valence-electron chi connectivity index (χ3n) is 4.29. The van der Waals surface area contributed by atoms with Gasteiger partial charge in [-0.2, -0.15) is 0 Å². The van der Waals surface area contributed by atoms with Crippen LogP contribution in [0.25, 0.3) is 0 Å². The minimum absolute atomic E-state index is 0.0328. The fourth-order valence-corrected chi connectivity index (χ4v) is 2.44. The second-order valence-corrected chi connectivity index (χ2v) is 6.99. The van der Waals surface area contributed by atoms with Gasteiger partial charge in [-0.15, -0.1) is 0 Å². The molecule has 0 unspecified atom stereocenters. The van der Waals surface area contributed by atoms with Crippen molar-refractivity contribution < 1.29 is 0 Å². The molecule has 0 radical (unpaired) electrons. The van der Waals surface area contributed by atoms with E-state index in [-0.39, 0.29) is 11.1 Å². The molecule has 1 N–H and O–H groups in total. The van der Waals surface area contributed by atoms with Gasteiger partial charge in [0.15, 0.2) is 5.82 Å². The van der Waals surface area contributed by atoms with E-state index in [1.165, 1.54) is 12.8 Å². The third-order valence-corrected chi connectivity index (χ3v) is 4.29. The van der Waals surface area contributed by atoms with Crippen molar-refractivity contribution in [3.63, 3.8) is 0 Å². The fourth-order valence-electron chi connectivity index (χ4n) is 2.44. The van der Waals surface area contributed by atoms with Gasteiger partial charge < -0.3 is 9.88 Å². The molecule has 1 aliphatic rings. The summed E-state index contributed by atoms with van der Waals surface area (Å²) in [7, 11) is 0. The molecule has 4 heteroatoms. The first-order valence-electron chi connectivity index (χ1n) is 7.08. The molecule has 106 valence electrons. The van der Waals surface area contributed by atoms with E-state index in [1.807, 2.05) is 20.8 Å². The lowest BCUT2D eigenvalue weighted by Crippen LogP contribution is -2.36. The lowest BCUT2D eigenvalue weighted by atomic mass is 9.92. The van der Waals surface area contributed by atoms with Crippen LogP contribution >= 0.6 is 0 Å². The summed E-state index contributed by atoms with van der Waals surface area (Å²) >= 11 is 0. The Kier molecular flexibility index (Phi) is 3.45. The Hall–Kier alpha value is -1.32. The molecule has 0 aromatic carbocycles. The summed E-state index contributed by atoms with van der Waals surface area (Å²) in [5, 5.41) is 3.27. The second-order valence-electron chi connectivity index (χ2n) is 6.99. The van der Waals surface area contributed by atoms with Crippen LogP contribution < -0.4 is 10.9 Å². The number of nitrogens with zero attached hydrogens (tertiary/aromatic N) is 2. The summed E-state index contributed by atoms with van der Waals surface area (Å²) in [5.74, 6) is 1.12. The second kappa shape index (κ2) is 4.66. The summed E-state index contributed by atoms with van der Waals surface area (Å²) in [6.07, 6.45) is 5.95. The van der Waals surface area contributed by atoms with Crippen LogP contribution in [0.5, 0.6) is 0 Å². The first kappa shape index (κ1) is 14.1. The van der Waals surface area contributed by atoms with Gasteiger partial charge in [-0.1, -0.05) is 13.8 Å². The molecule has 1 aliphatic carbocycles. The third kappa shape index (κ3) is 2.82. The summed E-state index contributed by atoms with van der Waals surface area (Å²) < 4.78 is 1.73. The van der Waals surface area contributed by atoms with Crippen molar-refractivity contribution in [1.29, 1.82) is 0 Å². The molecule has 0 saturated heterocycles. The van der Waals surface area contributed by atoms with Crippen LogP contribution in [0.3, 0.4) is 0 Å². The number of anilines is 1. The highest BCUT2D eigenvalue weighted by atomic mass is 16.1. The number of nitrogens with one attached hydrogen (secondary N) is 1. The first-order valence-corrected chi connectivity index (χ1v) is 7.08. The maximum absolute atomic E-state index is 12.4. The van der Waals surface area contributed by atoms with E-state index in [0.29, 0.717) is 17.2 Å². The van der Waals surface area contributed by atoms with E-state index in [2.05, 4.69) is 24.1 Å². The Balaban J connectivity index is 2.16. The van der Waals surface area contributed by atoms with Crippen molar-refractivity contribution in [3.8, 4) is 0 Å². The number of hydrogen-bond donors (Lipinski definition) is 1. The summed E-state index contributed by atoms with van der Waals surface area (Å²) in [5.41, 5.74) is 0.122. The quantitative estimate of drug-likeness (QED) is 0.908. The molecule has 0 amide bonds. The summed E-state index contributed by atoms with van der Waals surface area (Å²) in [4.78, 5) is 16.6. The predicted molar refractivity (Wildman–Crippen MR) is 78.5 cm³/mol. The SMILES string of the molecule is CC(C)C1(CNc2nccn(C(C)(C)C)c2=O)CC1. The fraction of sp³-hybridized carbons (Fsp3) is 0.733. The van der Waals surface area contributed by atoms with Crippen LogP contribution in [-0.4, -0.2) is 16.1 Å². The minimum atomic E-state index is -0.216. The molecule has 0 atom stereocenters. The Bertz CT molecular complexity index is 507. The van der Waals surface area contributed by atoms with Crippen molar-refractivity contribution >= 4 is 5.82 Å². The van der Waals surface area contributed by atoms with Crippen molar-refractivity contribution in [2.45, 2.75) is 53.0 Å². The first-order chi connectivity index (χ1) is 8.76. The van der Waals surface area contributed by atoms with Crippen molar-refractivity contribution in [1.82, 2.24) is 9.55 Å². The highest BCUT2D eigenvalue weighted by molar-refractivity contribution is 5.32. The van der Waals surface area contributed by atoms with Gasteiger partial charge in [-0.25, -0.2) is 4.98 Å². The minimum Gasteiger partial charge on any atom is -0.365 e. The Morgan fingerprint density at radius 1 is 1.42 bits per heavy atom. The average molecular weight is 263 g/mol. The zero-order chi connectivity index (χ0) is 14.3. The van der Waals surface area contributed by atoms with Crippen molar-refractivity contribution in [2.75, 3.05) is 11.9 Å². The van der Waals surface area contributed by atoms with Crippen LogP contribution in [0.1, 0.15) is 47.5 Å². The molecule has 0 bridgehead atoms. The number of hydrogen-bond acceptors (Lipinski definition) is 3. The van der Waals surface area contributed by atoms with Gasteiger partial charge >= 0.3 is 0 Å². The molecule has 1 heterocycles. The lowest BCUT2D eigenvalue weighted by Gasteiger charge is -2.24. The van der Waals surface area contributed by atoms with Gasteiger partial charge in [-0.3, -0.25) is 4.79 Å². The van der Waals surface area contributed by atoms with Crippen LogP contribution in [-0.2, 0) is 5.54 Å². The topological polar surface area (TPSA) is 46.9 Å². The molecule has 1 aromatic rings. The Morgan fingerprint density at radius 2 is 2.05 bits per heavy atom. The monoisotopic (exact) mass is 263 g/mol. The van der Waals surface area contributed by atoms with Gasteiger partial charge in [0.25, 0.3) is 5.56 Å². The van der Waals surface area contributed by atoms with Crippen molar-refractivity contribution in [2.24, 2.45) is 11.3 Å². The smallest absolute Gasteiger partial charge is 0.293 e. The highest BCUT2D eigenvalue weighted by Gasteiger charge is 2.45. The molecule has 0 spiro atoms. The Labute approximate surface area is 115 Å². The van der Waals surface area contributed by atoms with E-state index in [4.69, 9.17) is 0 Å². The van der Waals surface area contributed by atoms with E-state index in [0.717, 1.165) is 6.54 Å². The number of aromatic nitrogens is 2. The van der Waals surface area contributed by atoms with E-state index >= 15 is 0 Å². The molecule has 19 heavy (non-hydrogen) atoms. The predicted octanol–water partition coefficient (Wildman–Crippen LogP) is 2.85. The van der Waals surface area contributed by atoms with Gasteiger partial charge in [-0.05, 0) is 44.9 Å². The van der Waals surface area contributed by atoms with Crippen molar-refractivity contribution in [3.05, 3.63) is 22.7 Å². The van der Waals surface area contributed by atoms with Gasteiger partial charge in [0.1, 0.15) is 0 Å². The molecule has 0 aliphatic heterocycles. The summed E-state index contributed by atoms with van der Waals surface area (Å²) in [6.45, 7) is 11.4. The van der Waals surface area contributed by atoms with E-state index in [9.17, 15) is 4.79 Å². The van der Waals surface area contributed by atoms with E-state index in [1.54, 1.807) is 17.0 Å². The van der Waals surface area contributed by atoms with Crippen LogP contribution in [0.15, 0.2) is 17.2 Å². The Morgan fingerprint density at radius 3 is 2.53 bits per heavy atom. The highest BCUT2D eigenvalue weighted by Crippen LogP contribution is 2.51. The normalized spacial score (nSPS) is 17.6. The average Bonchev–Trinajstić information content (AvgIpc) is 3.07. The molecule has 1 aromatic heterocycles. The zero-order valence-electron chi connectivity index (χ0n) is 12.7. The maximum Gasteiger partial charge on any atom is 0.293 e. The number of rotatable bonds is 4. The van der Waals surface area contributed by atoms with Crippen LogP contribution in [0, 0.1) is 11.3 Å². The molecular weight excluding hydrogens is 238 g/mol. The zero-order valence-corrected chi connectivity index (χ0v) is 12.7. The van der Waals surface area contributed by atoms with Gasteiger partial charge in [0.2, 0.25) is 0 Å². The lowest BCUT2D eigenvalue weighted by molar-refractivity contribution is 0.374. The van der Waals surface area contributed by atoms with E-state index < -0.39 is 0 Å². The molecular formula is C15H25N3O.